The Labute approximate surface area is 393 Å². The summed E-state index contributed by atoms with van der Waals surface area (Å²) >= 11 is 0. The fourth-order valence-corrected chi connectivity index (χ4v) is 8.93. The van der Waals surface area contributed by atoms with Gasteiger partial charge in [0.1, 0.15) is 0 Å². The first kappa shape index (κ1) is 61.6. The number of amides is 1. The van der Waals surface area contributed by atoms with E-state index in [4.69, 9.17) is 4.74 Å². The minimum Gasteiger partial charge on any atom is -0.466 e. The zero-order valence-corrected chi connectivity index (χ0v) is 42.6. The van der Waals surface area contributed by atoms with E-state index < -0.39 is 12.1 Å². The summed E-state index contributed by atoms with van der Waals surface area (Å²) in [5.74, 6) is -0.0422. The van der Waals surface area contributed by atoms with Crippen LogP contribution in [0.4, 0.5) is 0 Å². The minimum absolute atomic E-state index is 0.000703. The van der Waals surface area contributed by atoms with Gasteiger partial charge < -0.3 is 20.3 Å². The second-order valence-corrected chi connectivity index (χ2v) is 19.6. The van der Waals surface area contributed by atoms with Crippen molar-refractivity contribution in [3.8, 4) is 0 Å². The molecule has 0 aromatic heterocycles. The van der Waals surface area contributed by atoms with Crippen LogP contribution in [0.2, 0.25) is 0 Å². The Kier molecular flexibility index (Phi) is 52.0. The van der Waals surface area contributed by atoms with Crippen LogP contribution in [0.25, 0.3) is 0 Å². The highest BCUT2D eigenvalue weighted by Crippen LogP contribution is 2.17. The lowest BCUT2D eigenvalue weighted by Gasteiger charge is -2.22. The molecule has 1 amide bonds. The third-order valence-electron chi connectivity index (χ3n) is 13.3. The molecule has 0 rings (SSSR count). The van der Waals surface area contributed by atoms with E-state index in [1.54, 1.807) is 0 Å². The van der Waals surface area contributed by atoms with Gasteiger partial charge in [-0.3, -0.25) is 9.59 Å². The van der Waals surface area contributed by atoms with Crippen LogP contribution < -0.4 is 5.32 Å². The molecule has 2 atom stereocenters. The smallest absolute Gasteiger partial charge is 0.305 e. The maximum Gasteiger partial charge on any atom is 0.305 e. The molecule has 0 heterocycles. The first-order chi connectivity index (χ1) is 31.0. The van der Waals surface area contributed by atoms with Gasteiger partial charge in [-0.15, -0.1) is 0 Å². The number of nitrogens with one attached hydrogen (secondary N) is 1. The number of aliphatic hydroxyl groups excluding tert-OH is 2. The first-order valence-electron chi connectivity index (χ1n) is 28.4. The normalized spacial score (nSPS) is 12.6. The molecule has 63 heavy (non-hydrogen) atoms. The molecule has 6 heteroatoms. The standard InChI is InChI=1S/C57H111NO5/c1-3-5-7-9-11-13-15-17-18-19-20-21-24-27-31-35-39-43-47-51-57(62)63-52-48-44-40-36-32-28-25-22-23-26-30-34-38-42-46-50-56(61)58-54(53-59)55(60)49-45-41-37-33-29-16-14-12-10-8-6-4-2/h17-18,54-55,59-60H,3-16,19-53H2,1-2H3,(H,58,61)/b18-17-. The number of ether oxygens (including phenoxy) is 1. The molecule has 0 fully saturated rings. The number of esters is 1. The van der Waals surface area contributed by atoms with Crippen LogP contribution in [0.15, 0.2) is 12.2 Å². The Balaban J connectivity index is 3.39. The lowest BCUT2D eigenvalue weighted by Crippen LogP contribution is -2.45. The molecule has 0 spiro atoms. The Morgan fingerprint density at radius 2 is 0.746 bits per heavy atom. The van der Waals surface area contributed by atoms with Crippen molar-refractivity contribution in [1.29, 1.82) is 0 Å². The molecule has 0 aliphatic carbocycles. The first-order valence-corrected chi connectivity index (χ1v) is 28.4. The Bertz CT molecular complexity index is 939. The molecule has 0 aromatic rings. The van der Waals surface area contributed by atoms with Gasteiger partial charge in [0.05, 0.1) is 25.4 Å². The minimum atomic E-state index is -0.668. The number of allylic oxidation sites excluding steroid dienone is 2. The Morgan fingerprint density at radius 1 is 0.429 bits per heavy atom. The third kappa shape index (κ3) is 49.9. The topological polar surface area (TPSA) is 95.9 Å². The molecule has 0 saturated carbocycles. The van der Waals surface area contributed by atoms with E-state index in [0.29, 0.717) is 25.9 Å². The molecule has 374 valence electrons. The van der Waals surface area contributed by atoms with Crippen molar-refractivity contribution in [2.24, 2.45) is 0 Å². The number of aliphatic hydroxyl groups is 2. The average molecular weight is 891 g/mol. The van der Waals surface area contributed by atoms with Crippen molar-refractivity contribution in [3.05, 3.63) is 12.2 Å². The predicted octanol–water partition coefficient (Wildman–Crippen LogP) is 17.3. The van der Waals surface area contributed by atoms with E-state index in [2.05, 4.69) is 31.3 Å². The van der Waals surface area contributed by atoms with Crippen LogP contribution in [0.1, 0.15) is 316 Å². The van der Waals surface area contributed by atoms with Gasteiger partial charge in [-0.1, -0.05) is 264 Å². The second kappa shape index (κ2) is 53.2. The largest absolute Gasteiger partial charge is 0.466 e. The van der Waals surface area contributed by atoms with Crippen LogP contribution in [0.3, 0.4) is 0 Å². The van der Waals surface area contributed by atoms with Gasteiger partial charge in [-0.05, 0) is 51.4 Å². The molecule has 2 unspecified atom stereocenters. The highest BCUT2D eigenvalue weighted by molar-refractivity contribution is 5.76. The maximum atomic E-state index is 12.4. The van der Waals surface area contributed by atoms with E-state index in [-0.39, 0.29) is 18.5 Å². The molecule has 3 N–H and O–H groups in total. The maximum absolute atomic E-state index is 12.4. The van der Waals surface area contributed by atoms with Gasteiger partial charge in [-0.25, -0.2) is 0 Å². The fraction of sp³-hybridized carbons (Fsp3) is 0.930. The summed E-state index contributed by atoms with van der Waals surface area (Å²) in [6, 6.07) is -0.546. The van der Waals surface area contributed by atoms with Crippen LogP contribution in [-0.2, 0) is 14.3 Å². The van der Waals surface area contributed by atoms with Crippen LogP contribution in [-0.4, -0.2) is 47.4 Å². The van der Waals surface area contributed by atoms with Crippen molar-refractivity contribution < 1.29 is 24.5 Å². The number of unbranched alkanes of at least 4 members (excludes halogenated alkanes) is 40. The number of hydrogen-bond acceptors (Lipinski definition) is 5. The zero-order chi connectivity index (χ0) is 45.8. The van der Waals surface area contributed by atoms with Crippen molar-refractivity contribution in [2.45, 2.75) is 328 Å². The SMILES string of the molecule is CCCCCCCC/C=C\CCCCCCCCCCCC(=O)OCCCCCCCCCCCCCCCCCC(=O)NC(CO)C(O)CCCCCCCCCCCCCC. The summed E-state index contributed by atoms with van der Waals surface area (Å²) in [7, 11) is 0. The average Bonchev–Trinajstić information content (AvgIpc) is 3.28. The lowest BCUT2D eigenvalue weighted by atomic mass is 10.0. The van der Waals surface area contributed by atoms with E-state index in [1.807, 2.05) is 0 Å². The molecule has 0 aliphatic rings. The van der Waals surface area contributed by atoms with E-state index >= 15 is 0 Å². The van der Waals surface area contributed by atoms with Gasteiger partial charge in [0.2, 0.25) is 5.91 Å². The molecular formula is C57H111NO5. The number of carbonyl (C=O) groups is 2. The van der Waals surface area contributed by atoms with E-state index in [0.717, 1.165) is 44.9 Å². The van der Waals surface area contributed by atoms with E-state index in [1.165, 1.54) is 238 Å². The summed E-state index contributed by atoms with van der Waals surface area (Å²) in [5, 5.41) is 23.2. The van der Waals surface area contributed by atoms with Gasteiger partial charge in [0.25, 0.3) is 0 Å². The number of carbonyl (C=O) groups excluding carboxylic acids is 2. The molecule has 0 saturated heterocycles. The summed E-state index contributed by atoms with van der Waals surface area (Å²) in [6.45, 7) is 4.94. The molecule has 0 radical (unpaired) electrons. The fourth-order valence-electron chi connectivity index (χ4n) is 8.93. The van der Waals surface area contributed by atoms with Crippen molar-refractivity contribution in [3.63, 3.8) is 0 Å². The Hall–Kier alpha value is -1.40. The lowest BCUT2D eigenvalue weighted by molar-refractivity contribution is -0.143. The second-order valence-electron chi connectivity index (χ2n) is 19.6. The summed E-state index contributed by atoms with van der Waals surface area (Å²) in [4.78, 5) is 24.5. The predicted molar refractivity (Wildman–Crippen MR) is 273 cm³/mol. The number of hydrogen-bond donors (Lipinski definition) is 3. The van der Waals surface area contributed by atoms with Gasteiger partial charge in [0.15, 0.2) is 0 Å². The van der Waals surface area contributed by atoms with Crippen molar-refractivity contribution >= 4 is 11.9 Å². The van der Waals surface area contributed by atoms with Gasteiger partial charge >= 0.3 is 5.97 Å². The highest BCUT2D eigenvalue weighted by atomic mass is 16.5. The van der Waals surface area contributed by atoms with Crippen LogP contribution >= 0.6 is 0 Å². The molecule has 0 aliphatic heterocycles. The van der Waals surface area contributed by atoms with Crippen LogP contribution in [0.5, 0.6) is 0 Å². The molecule has 0 aromatic carbocycles. The molecule has 6 nitrogen and oxygen atoms in total. The summed E-state index contributed by atoms with van der Waals surface area (Å²) < 4.78 is 5.49. The number of rotatable bonds is 53. The Morgan fingerprint density at radius 3 is 1.13 bits per heavy atom. The summed E-state index contributed by atoms with van der Waals surface area (Å²) in [6.07, 6.45) is 62.0. The van der Waals surface area contributed by atoms with Crippen molar-refractivity contribution in [1.82, 2.24) is 5.32 Å². The monoisotopic (exact) mass is 890 g/mol. The quantitative estimate of drug-likeness (QED) is 0.0321. The van der Waals surface area contributed by atoms with Crippen LogP contribution in [0, 0.1) is 0 Å². The zero-order valence-electron chi connectivity index (χ0n) is 42.6. The molecular weight excluding hydrogens is 779 g/mol. The highest BCUT2D eigenvalue weighted by Gasteiger charge is 2.20. The van der Waals surface area contributed by atoms with Crippen molar-refractivity contribution in [2.75, 3.05) is 13.2 Å². The third-order valence-corrected chi connectivity index (χ3v) is 13.3. The van der Waals surface area contributed by atoms with E-state index in [9.17, 15) is 19.8 Å². The summed E-state index contributed by atoms with van der Waals surface area (Å²) in [5.41, 5.74) is 0. The molecule has 0 bridgehead atoms. The van der Waals surface area contributed by atoms with Gasteiger partial charge in [0, 0.05) is 12.8 Å². The van der Waals surface area contributed by atoms with Gasteiger partial charge in [-0.2, -0.15) is 0 Å².